The second-order valence-corrected chi connectivity index (χ2v) is 8.01. The van der Waals surface area contributed by atoms with Gasteiger partial charge in [-0.05, 0) is 53.6 Å². The zero-order valence-electron chi connectivity index (χ0n) is 15.7. The Kier molecular flexibility index (Phi) is 7.87. The highest BCUT2D eigenvalue weighted by Gasteiger charge is 2.26. The molecule has 0 aromatic heterocycles. The van der Waals surface area contributed by atoms with Gasteiger partial charge in [-0.15, -0.1) is 0 Å². The lowest BCUT2D eigenvalue weighted by Crippen LogP contribution is -2.48. The smallest absolute Gasteiger partial charge is 0.321 e. The minimum atomic E-state index is -1.08. The van der Waals surface area contributed by atoms with Crippen molar-refractivity contribution in [1.82, 2.24) is 5.32 Å². The van der Waals surface area contributed by atoms with E-state index in [9.17, 15) is 19.8 Å². The van der Waals surface area contributed by atoms with Crippen molar-refractivity contribution in [2.45, 2.75) is 38.8 Å². The molecule has 2 aromatic rings. The molecule has 0 unspecified atom stereocenters. The summed E-state index contributed by atoms with van der Waals surface area (Å²) in [7, 11) is 0. The molecule has 150 valence electrons. The molecule has 0 radical (unpaired) electrons. The van der Waals surface area contributed by atoms with Crippen LogP contribution in [0.4, 0.5) is 0 Å². The summed E-state index contributed by atoms with van der Waals surface area (Å²) in [6.45, 7) is 3.79. The minimum absolute atomic E-state index is 0.131. The Bertz CT molecular complexity index is 817. The molecule has 0 aliphatic carbocycles. The SMILES string of the molecule is CC(C)C[C@H](N[C@@H](Cc1ccc(-c2cc(Cl)cc(Cl)c2)cc1)C(=O)O)C(=O)O. The van der Waals surface area contributed by atoms with E-state index < -0.39 is 24.0 Å². The largest absolute Gasteiger partial charge is 0.480 e. The van der Waals surface area contributed by atoms with Crippen molar-refractivity contribution < 1.29 is 19.8 Å². The molecule has 3 N–H and O–H groups in total. The predicted octanol–water partition coefficient (Wildman–Crippen LogP) is 4.75. The van der Waals surface area contributed by atoms with E-state index in [-0.39, 0.29) is 12.3 Å². The van der Waals surface area contributed by atoms with Crippen molar-refractivity contribution in [3.8, 4) is 11.1 Å². The van der Waals surface area contributed by atoms with Crippen molar-refractivity contribution in [3.05, 3.63) is 58.1 Å². The third kappa shape index (κ3) is 6.51. The van der Waals surface area contributed by atoms with Gasteiger partial charge in [-0.2, -0.15) is 0 Å². The summed E-state index contributed by atoms with van der Waals surface area (Å²) in [5.74, 6) is -2.00. The molecular formula is C21H23Cl2NO4. The normalized spacial score (nSPS) is 13.3. The first-order valence-electron chi connectivity index (χ1n) is 8.92. The number of rotatable bonds is 9. The first kappa shape index (κ1) is 22.2. The summed E-state index contributed by atoms with van der Waals surface area (Å²) in [6.07, 6.45) is 0.529. The standard InChI is InChI=1S/C21H23Cl2NO4/c1-12(2)7-18(20(25)26)24-19(21(27)28)8-13-3-5-14(6-4-13)15-9-16(22)11-17(23)10-15/h3-6,9-12,18-19,24H,7-8H2,1-2H3,(H,25,26)(H,27,28)/t18-,19-/m0/s1. The number of hydrogen-bond acceptors (Lipinski definition) is 3. The monoisotopic (exact) mass is 423 g/mol. The van der Waals surface area contributed by atoms with Gasteiger partial charge in [0.25, 0.3) is 0 Å². The van der Waals surface area contributed by atoms with E-state index in [1.807, 2.05) is 38.1 Å². The highest BCUT2D eigenvalue weighted by atomic mass is 35.5. The summed E-state index contributed by atoms with van der Waals surface area (Å²) in [4.78, 5) is 23.1. The molecule has 0 heterocycles. The summed E-state index contributed by atoms with van der Waals surface area (Å²) in [6, 6.07) is 10.7. The quantitative estimate of drug-likeness (QED) is 0.541. The lowest BCUT2D eigenvalue weighted by molar-refractivity contribution is -0.142. The van der Waals surface area contributed by atoms with Crippen LogP contribution in [0, 0.1) is 5.92 Å². The van der Waals surface area contributed by atoms with Crippen molar-refractivity contribution in [2.75, 3.05) is 0 Å². The van der Waals surface area contributed by atoms with Crippen LogP contribution in [0.5, 0.6) is 0 Å². The minimum Gasteiger partial charge on any atom is -0.480 e. The molecule has 2 rings (SSSR count). The summed E-state index contributed by atoms with van der Waals surface area (Å²) in [5.41, 5.74) is 2.54. The van der Waals surface area contributed by atoms with Crippen LogP contribution in [0.2, 0.25) is 10.0 Å². The zero-order valence-corrected chi connectivity index (χ0v) is 17.2. The van der Waals surface area contributed by atoms with Crippen LogP contribution in [0.1, 0.15) is 25.8 Å². The molecular weight excluding hydrogens is 401 g/mol. The van der Waals surface area contributed by atoms with Crippen LogP contribution >= 0.6 is 23.2 Å². The molecule has 0 saturated heterocycles. The van der Waals surface area contributed by atoms with Gasteiger partial charge in [-0.1, -0.05) is 61.3 Å². The molecule has 0 saturated carbocycles. The van der Waals surface area contributed by atoms with Crippen LogP contribution in [0.3, 0.4) is 0 Å². The number of hydrogen-bond donors (Lipinski definition) is 3. The first-order chi connectivity index (χ1) is 13.2. The second kappa shape index (κ2) is 9.92. The van der Waals surface area contributed by atoms with Crippen LogP contribution in [-0.2, 0) is 16.0 Å². The fourth-order valence-electron chi connectivity index (χ4n) is 2.96. The molecule has 2 aromatic carbocycles. The second-order valence-electron chi connectivity index (χ2n) is 7.14. The van der Waals surface area contributed by atoms with Crippen molar-refractivity contribution in [1.29, 1.82) is 0 Å². The van der Waals surface area contributed by atoms with Crippen LogP contribution in [-0.4, -0.2) is 34.2 Å². The summed E-state index contributed by atoms with van der Waals surface area (Å²) < 4.78 is 0. The molecule has 7 heteroatoms. The molecule has 0 bridgehead atoms. The fourth-order valence-corrected chi connectivity index (χ4v) is 3.49. The van der Waals surface area contributed by atoms with E-state index in [0.29, 0.717) is 16.5 Å². The van der Waals surface area contributed by atoms with E-state index in [1.54, 1.807) is 18.2 Å². The lowest BCUT2D eigenvalue weighted by Gasteiger charge is -2.22. The van der Waals surface area contributed by atoms with Gasteiger partial charge in [0, 0.05) is 10.0 Å². The van der Waals surface area contributed by atoms with E-state index in [2.05, 4.69) is 5.32 Å². The number of carboxylic acids is 2. The van der Waals surface area contributed by atoms with Gasteiger partial charge in [-0.3, -0.25) is 14.9 Å². The highest BCUT2D eigenvalue weighted by Crippen LogP contribution is 2.27. The van der Waals surface area contributed by atoms with Crippen LogP contribution < -0.4 is 5.32 Å². The summed E-state index contributed by atoms with van der Waals surface area (Å²) in [5, 5.41) is 22.7. The average molecular weight is 424 g/mol. The average Bonchev–Trinajstić information content (AvgIpc) is 2.59. The Morgan fingerprint density at radius 3 is 1.89 bits per heavy atom. The molecule has 0 spiro atoms. The van der Waals surface area contributed by atoms with Gasteiger partial charge in [0.15, 0.2) is 0 Å². The number of nitrogens with one attached hydrogen (secondary N) is 1. The van der Waals surface area contributed by atoms with E-state index in [1.165, 1.54) is 0 Å². The predicted molar refractivity (Wildman–Crippen MR) is 111 cm³/mol. The molecule has 0 aliphatic rings. The highest BCUT2D eigenvalue weighted by molar-refractivity contribution is 6.35. The third-order valence-corrected chi connectivity index (χ3v) is 4.73. The Hall–Kier alpha value is -2.08. The zero-order chi connectivity index (χ0) is 20.8. The Morgan fingerprint density at radius 1 is 0.893 bits per heavy atom. The topological polar surface area (TPSA) is 86.6 Å². The van der Waals surface area contributed by atoms with Gasteiger partial charge in [0.1, 0.15) is 12.1 Å². The summed E-state index contributed by atoms with van der Waals surface area (Å²) >= 11 is 12.1. The van der Waals surface area contributed by atoms with Gasteiger partial charge >= 0.3 is 11.9 Å². The maximum Gasteiger partial charge on any atom is 0.321 e. The van der Waals surface area contributed by atoms with Crippen LogP contribution in [0.25, 0.3) is 11.1 Å². The van der Waals surface area contributed by atoms with Gasteiger partial charge in [0.2, 0.25) is 0 Å². The van der Waals surface area contributed by atoms with Crippen molar-refractivity contribution in [3.63, 3.8) is 0 Å². The molecule has 0 aliphatic heterocycles. The molecule has 5 nitrogen and oxygen atoms in total. The molecule has 0 fully saturated rings. The number of aliphatic carboxylic acids is 2. The van der Waals surface area contributed by atoms with Crippen molar-refractivity contribution in [2.24, 2.45) is 5.92 Å². The number of carbonyl (C=O) groups is 2. The molecule has 0 amide bonds. The van der Waals surface area contributed by atoms with Gasteiger partial charge < -0.3 is 10.2 Å². The van der Waals surface area contributed by atoms with Crippen LogP contribution in [0.15, 0.2) is 42.5 Å². The first-order valence-corrected chi connectivity index (χ1v) is 9.68. The van der Waals surface area contributed by atoms with Crippen molar-refractivity contribution >= 4 is 35.1 Å². The maximum atomic E-state index is 11.6. The number of halogens is 2. The van der Waals surface area contributed by atoms with E-state index in [4.69, 9.17) is 23.2 Å². The third-order valence-electron chi connectivity index (χ3n) is 4.30. The Labute approximate surface area is 174 Å². The molecule has 28 heavy (non-hydrogen) atoms. The lowest BCUT2D eigenvalue weighted by atomic mass is 9.98. The number of benzene rings is 2. The Balaban J connectivity index is 2.15. The van der Waals surface area contributed by atoms with Gasteiger partial charge in [0.05, 0.1) is 0 Å². The Morgan fingerprint density at radius 2 is 1.43 bits per heavy atom. The van der Waals surface area contributed by atoms with E-state index >= 15 is 0 Å². The fraction of sp³-hybridized carbons (Fsp3) is 0.333. The maximum absolute atomic E-state index is 11.6. The van der Waals surface area contributed by atoms with E-state index in [0.717, 1.165) is 16.7 Å². The molecule has 2 atom stereocenters. The number of carboxylic acid groups (broad SMARTS) is 2. The van der Waals surface area contributed by atoms with Gasteiger partial charge in [-0.25, -0.2) is 0 Å².